The Hall–Kier alpha value is -0.820. The molecular formula is C17H25N. The summed E-state index contributed by atoms with van der Waals surface area (Å²) in [6.07, 6.45) is 6.74. The van der Waals surface area contributed by atoms with Crippen molar-refractivity contribution in [3.05, 3.63) is 34.9 Å². The standard InChI is InChI=1S/C17H25N/c1-3-18-17(16-10-12(16)2)15-9-8-13-6-4-5-7-14(13)11-15/h8-9,11-12,16-18H,3-7,10H2,1-2H3. The summed E-state index contributed by atoms with van der Waals surface area (Å²) in [5, 5.41) is 3.70. The maximum atomic E-state index is 3.70. The zero-order chi connectivity index (χ0) is 12.5. The number of fused-ring (bicyclic) bond motifs is 1. The van der Waals surface area contributed by atoms with Crippen LogP contribution in [0.3, 0.4) is 0 Å². The van der Waals surface area contributed by atoms with Gasteiger partial charge in [-0.15, -0.1) is 0 Å². The third kappa shape index (κ3) is 2.33. The SMILES string of the molecule is CCNC(c1ccc2c(c1)CCCC2)C1CC1C. The largest absolute Gasteiger partial charge is 0.310 e. The van der Waals surface area contributed by atoms with Crippen molar-refractivity contribution in [2.45, 2.75) is 52.0 Å². The van der Waals surface area contributed by atoms with Crippen LogP contribution in [0.1, 0.15) is 55.8 Å². The van der Waals surface area contributed by atoms with Crippen LogP contribution < -0.4 is 5.32 Å². The lowest BCUT2D eigenvalue weighted by Crippen LogP contribution is -2.23. The molecule has 0 radical (unpaired) electrons. The second kappa shape index (κ2) is 5.05. The summed E-state index contributed by atoms with van der Waals surface area (Å²) in [6, 6.07) is 7.86. The van der Waals surface area contributed by atoms with Gasteiger partial charge in [0.05, 0.1) is 0 Å². The molecule has 0 amide bonds. The van der Waals surface area contributed by atoms with E-state index in [0.29, 0.717) is 6.04 Å². The Kier molecular flexibility index (Phi) is 3.43. The Labute approximate surface area is 111 Å². The average molecular weight is 243 g/mol. The van der Waals surface area contributed by atoms with Crippen LogP contribution in [0.15, 0.2) is 18.2 Å². The van der Waals surface area contributed by atoms with Crippen LogP contribution in [-0.2, 0) is 12.8 Å². The summed E-state index contributed by atoms with van der Waals surface area (Å²) in [7, 11) is 0. The Bertz CT molecular complexity index is 424. The maximum absolute atomic E-state index is 3.70. The van der Waals surface area contributed by atoms with Crippen molar-refractivity contribution < 1.29 is 0 Å². The third-order valence-electron chi connectivity index (χ3n) is 4.76. The van der Waals surface area contributed by atoms with Gasteiger partial charge in [-0.3, -0.25) is 0 Å². The number of hydrogen-bond acceptors (Lipinski definition) is 1. The number of aryl methyl sites for hydroxylation is 2. The van der Waals surface area contributed by atoms with Gasteiger partial charge in [0.2, 0.25) is 0 Å². The molecule has 0 aliphatic heterocycles. The summed E-state index contributed by atoms with van der Waals surface area (Å²) in [5.74, 6) is 1.77. The van der Waals surface area contributed by atoms with Crippen LogP contribution in [0, 0.1) is 11.8 Å². The zero-order valence-corrected chi connectivity index (χ0v) is 11.7. The van der Waals surface area contributed by atoms with Crippen LogP contribution in [0.4, 0.5) is 0 Å². The fourth-order valence-corrected chi connectivity index (χ4v) is 3.50. The summed E-state index contributed by atoms with van der Waals surface area (Å²) in [5.41, 5.74) is 4.76. The van der Waals surface area contributed by atoms with Gasteiger partial charge < -0.3 is 5.32 Å². The highest BCUT2D eigenvalue weighted by atomic mass is 14.9. The molecule has 3 atom stereocenters. The lowest BCUT2D eigenvalue weighted by molar-refractivity contribution is 0.475. The van der Waals surface area contributed by atoms with Gasteiger partial charge in [-0.05, 0) is 67.2 Å². The highest BCUT2D eigenvalue weighted by Crippen LogP contribution is 2.47. The first kappa shape index (κ1) is 12.2. The molecule has 1 fully saturated rings. The van der Waals surface area contributed by atoms with Crippen molar-refractivity contribution >= 4 is 0 Å². The fraction of sp³-hybridized carbons (Fsp3) is 0.647. The Morgan fingerprint density at radius 2 is 1.94 bits per heavy atom. The van der Waals surface area contributed by atoms with Crippen molar-refractivity contribution in [3.8, 4) is 0 Å². The highest BCUT2D eigenvalue weighted by Gasteiger charge is 2.39. The van der Waals surface area contributed by atoms with Crippen LogP contribution in [0.2, 0.25) is 0 Å². The second-order valence-electron chi connectivity index (χ2n) is 6.15. The Balaban J connectivity index is 1.85. The van der Waals surface area contributed by atoms with E-state index in [1.807, 2.05) is 0 Å². The number of nitrogens with one attached hydrogen (secondary N) is 1. The average Bonchev–Trinajstić information content (AvgIpc) is 3.12. The molecule has 0 bridgehead atoms. The molecule has 18 heavy (non-hydrogen) atoms. The van der Waals surface area contributed by atoms with E-state index in [-0.39, 0.29) is 0 Å². The third-order valence-corrected chi connectivity index (χ3v) is 4.76. The van der Waals surface area contributed by atoms with Crippen LogP contribution in [0.25, 0.3) is 0 Å². The van der Waals surface area contributed by atoms with Gasteiger partial charge in [0.1, 0.15) is 0 Å². The molecule has 1 saturated carbocycles. The predicted molar refractivity (Wildman–Crippen MR) is 76.8 cm³/mol. The van der Waals surface area contributed by atoms with Crippen molar-refractivity contribution in [1.29, 1.82) is 0 Å². The molecule has 0 spiro atoms. The van der Waals surface area contributed by atoms with E-state index in [4.69, 9.17) is 0 Å². The van der Waals surface area contributed by atoms with E-state index in [2.05, 4.69) is 37.4 Å². The van der Waals surface area contributed by atoms with E-state index in [9.17, 15) is 0 Å². The molecule has 3 unspecified atom stereocenters. The molecule has 1 N–H and O–H groups in total. The lowest BCUT2D eigenvalue weighted by Gasteiger charge is -2.22. The molecule has 0 heterocycles. The summed E-state index contributed by atoms with van der Waals surface area (Å²) in [4.78, 5) is 0. The highest BCUT2D eigenvalue weighted by molar-refractivity contribution is 5.36. The van der Waals surface area contributed by atoms with E-state index in [1.54, 1.807) is 11.1 Å². The van der Waals surface area contributed by atoms with Crippen molar-refractivity contribution in [2.24, 2.45) is 11.8 Å². The molecular weight excluding hydrogens is 218 g/mol. The summed E-state index contributed by atoms with van der Waals surface area (Å²) >= 11 is 0. The monoisotopic (exact) mass is 243 g/mol. The number of hydrogen-bond donors (Lipinski definition) is 1. The molecule has 98 valence electrons. The van der Waals surface area contributed by atoms with Crippen LogP contribution >= 0.6 is 0 Å². The van der Waals surface area contributed by atoms with Gasteiger partial charge in [0, 0.05) is 6.04 Å². The minimum atomic E-state index is 0.595. The molecule has 2 aliphatic carbocycles. The first-order valence-corrected chi connectivity index (χ1v) is 7.64. The molecule has 0 aromatic heterocycles. The van der Waals surface area contributed by atoms with Gasteiger partial charge in [0.25, 0.3) is 0 Å². The molecule has 1 aromatic rings. The minimum absolute atomic E-state index is 0.595. The van der Waals surface area contributed by atoms with E-state index < -0.39 is 0 Å². The quantitative estimate of drug-likeness (QED) is 0.846. The summed E-state index contributed by atoms with van der Waals surface area (Å²) < 4.78 is 0. The van der Waals surface area contributed by atoms with E-state index in [1.165, 1.54) is 37.7 Å². The predicted octanol–water partition coefficient (Wildman–Crippen LogP) is 3.87. The Morgan fingerprint density at radius 3 is 2.61 bits per heavy atom. The van der Waals surface area contributed by atoms with Crippen LogP contribution in [0.5, 0.6) is 0 Å². The van der Waals surface area contributed by atoms with Crippen molar-refractivity contribution in [1.82, 2.24) is 5.32 Å². The van der Waals surface area contributed by atoms with Gasteiger partial charge in [-0.25, -0.2) is 0 Å². The van der Waals surface area contributed by atoms with E-state index >= 15 is 0 Å². The number of benzene rings is 1. The number of rotatable bonds is 4. The first-order valence-electron chi connectivity index (χ1n) is 7.64. The van der Waals surface area contributed by atoms with Gasteiger partial charge in [0.15, 0.2) is 0 Å². The fourth-order valence-electron chi connectivity index (χ4n) is 3.50. The van der Waals surface area contributed by atoms with Crippen molar-refractivity contribution in [3.63, 3.8) is 0 Å². The Morgan fingerprint density at radius 1 is 1.22 bits per heavy atom. The molecule has 2 aliphatic rings. The van der Waals surface area contributed by atoms with Gasteiger partial charge >= 0.3 is 0 Å². The summed E-state index contributed by atoms with van der Waals surface area (Å²) in [6.45, 7) is 5.68. The normalized spacial score (nSPS) is 27.7. The maximum Gasteiger partial charge on any atom is 0.0351 e. The van der Waals surface area contributed by atoms with E-state index in [0.717, 1.165) is 18.4 Å². The molecule has 1 nitrogen and oxygen atoms in total. The molecule has 0 saturated heterocycles. The van der Waals surface area contributed by atoms with Crippen molar-refractivity contribution in [2.75, 3.05) is 6.54 Å². The zero-order valence-electron chi connectivity index (χ0n) is 11.7. The van der Waals surface area contributed by atoms with Gasteiger partial charge in [-0.1, -0.05) is 32.0 Å². The molecule has 1 aromatic carbocycles. The minimum Gasteiger partial charge on any atom is -0.310 e. The molecule has 1 heteroatoms. The second-order valence-corrected chi connectivity index (χ2v) is 6.15. The van der Waals surface area contributed by atoms with Crippen LogP contribution in [-0.4, -0.2) is 6.54 Å². The lowest BCUT2D eigenvalue weighted by atomic mass is 9.88. The van der Waals surface area contributed by atoms with Gasteiger partial charge in [-0.2, -0.15) is 0 Å². The first-order chi connectivity index (χ1) is 8.79. The topological polar surface area (TPSA) is 12.0 Å². The smallest absolute Gasteiger partial charge is 0.0351 e. The molecule has 3 rings (SSSR count).